The van der Waals surface area contributed by atoms with Gasteiger partial charge in [0.25, 0.3) is 0 Å². The third kappa shape index (κ3) is 4.93. The molecule has 0 saturated heterocycles. The summed E-state index contributed by atoms with van der Waals surface area (Å²) in [6.45, 7) is 4.09. The first kappa shape index (κ1) is 20.8. The first-order chi connectivity index (χ1) is 13.9. The zero-order valence-corrected chi connectivity index (χ0v) is 17.5. The molecule has 0 aliphatic rings. The van der Waals surface area contributed by atoms with E-state index < -0.39 is 5.97 Å². The molecule has 1 amide bonds. The molecule has 2 aromatic carbocycles. The van der Waals surface area contributed by atoms with Crippen LogP contribution in [0.25, 0.3) is 10.9 Å². The van der Waals surface area contributed by atoms with Crippen LogP contribution < -0.4 is 0 Å². The molecule has 0 radical (unpaired) electrons. The Morgan fingerprint density at radius 3 is 2.45 bits per heavy atom. The van der Waals surface area contributed by atoms with E-state index in [-0.39, 0.29) is 18.9 Å². The number of methoxy groups -OCH3 is 1. The average molecular weight is 411 g/mol. The molecule has 1 heterocycles. The van der Waals surface area contributed by atoms with Crippen LogP contribution in [0.15, 0.2) is 48.5 Å². The molecule has 0 spiro atoms. The van der Waals surface area contributed by atoms with Crippen molar-refractivity contribution in [3.63, 3.8) is 0 Å². The van der Waals surface area contributed by atoms with Crippen molar-refractivity contribution in [2.24, 2.45) is 0 Å². The summed E-state index contributed by atoms with van der Waals surface area (Å²) in [5.74, 6) is -0.619. The summed E-state index contributed by atoms with van der Waals surface area (Å²) in [7, 11) is 1.31. The van der Waals surface area contributed by atoms with Crippen molar-refractivity contribution in [2.75, 3.05) is 13.7 Å². The van der Waals surface area contributed by atoms with Gasteiger partial charge in [-0.25, -0.2) is 0 Å². The lowest BCUT2D eigenvalue weighted by Gasteiger charge is -2.23. The van der Waals surface area contributed by atoms with Crippen LogP contribution >= 0.6 is 11.6 Å². The number of halogens is 1. The number of fused-ring (bicyclic) bond motifs is 1. The number of nitrogens with zero attached hydrogens (tertiary/aromatic N) is 2. The lowest BCUT2D eigenvalue weighted by atomic mass is 9.99. The van der Waals surface area contributed by atoms with Gasteiger partial charge in [-0.1, -0.05) is 41.9 Å². The minimum absolute atomic E-state index is 0.114. The molecular weight excluding hydrogens is 388 g/mol. The Kier molecular flexibility index (Phi) is 6.49. The van der Waals surface area contributed by atoms with Gasteiger partial charge in [0.15, 0.2) is 0 Å². The van der Waals surface area contributed by atoms with Gasteiger partial charge in [-0.15, -0.1) is 0 Å². The van der Waals surface area contributed by atoms with E-state index in [1.165, 1.54) is 12.0 Å². The fourth-order valence-corrected chi connectivity index (χ4v) is 3.48. The van der Waals surface area contributed by atoms with Gasteiger partial charge in [0.05, 0.1) is 19.0 Å². The number of carbonyl (C=O) groups excluding carboxylic acids is 2. The lowest BCUT2D eigenvalue weighted by Crippen LogP contribution is -2.37. The molecule has 0 unspecified atom stereocenters. The van der Waals surface area contributed by atoms with Gasteiger partial charge in [0, 0.05) is 22.6 Å². The minimum Gasteiger partial charge on any atom is -0.468 e. The summed E-state index contributed by atoms with van der Waals surface area (Å²) in [6.07, 6.45) is 0.167. The molecule has 150 valence electrons. The SMILES string of the molecule is COC(=O)CN(Cc1ccc(Cl)cc1)C(=O)Cc1c(C)nc2ccccc2c1C. The number of hydrogen-bond donors (Lipinski definition) is 0. The first-order valence-corrected chi connectivity index (χ1v) is 9.70. The number of ether oxygens (including phenoxy) is 1. The molecule has 5 nitrogen and oxygen atoms in total. The maximum Gasteiger partial charge on any atom is 0.325 e. The fraction of sp³-hybridized carbons (Fsp3) is 0.261. The molecule has 6 heteroatoms. The van der Waals surface area contributed by atoms with Gasteiger partial charge < -0.3 is 9.64 Å². The molecule has 29 heavy (non-hydrogen) atoms. The summed E-state index contributed by atoms with van der Waals surface area (Å²) in [4.78, 5) is 31.2. The Morgan fingerprint density at radius 1 is 1.07 bits per heavy atom. The quantitative estimate of drug-likeness (QED) is 0.570. The van der Waals surface area contributed by atoms with Crippen LogP contribution in [0.3, 0.4) is 0 Å². The normalized spacial score (nSPS) is 10.8. The molecule has 3 rings (SSSR count). The van der Waals surface area contributed by atoms with E-state index in [0.717, 1.165) is 33.3 Å². The number of rotatable bonds is 6. The molecule has 0 aliphatic carbocycles. The van der Waals surface area contributed by atoms with Crippen molar-refractivity contribution in [2.45, 2.75) is 26.8 Å². The first-order valence-electron chi connectivity index (χ1n) is 9.33. The maximum atomic E-state index is 13.1. The van der Waals surface area contributed by atoms with Crippen molar-refractivity contribution in [1.82, 2.24) is 9.88 Å². The number of carbonyl (C=O) groups is 2. The van der Waals surface area contributed by atoms with E-state index in [4.69, 9.17) is 16.3 Å². The maximum absolute atomic E-state index is 13.1. The number of aryl methyl sites for hydroxylation is 2. The Hall–Kier alpha value is -2.92. The average Bonchev–Trinajstić information content (AvgIpc) is 2.71. The number of para-hydroxylation sites is 1. The molecule has 0 N–H and O–H groups in total. The van der Waals surface area contributed by atoms with Crippen LogP contribution in [0.5, 0.6) is 0 Å². The van der Waals surface area contributed by atoms with Gasteiger partial charge >= 0.3 is 5.97 Å². The number of esters is 1. The third-order valence-electron chi connectivity index (χ3n) is 5.00. The van der Waals surface area contributed by atoms with Crippen molar-refractivity contribution in [1.29, 1.82) is 0 Å². The molecule has 0 bridgehead atoms. The Balaban J connectivity index is 1.88. The summed E-state index contributed by atoms with van der Waals surface area (Å²) >= 11 is 5.95. The summed E-state index contributed by atoms with van der Waals surface area (Å²) in [5, 5.41) is 1.64. The molecule has 3 aromatic rings. The zero-order valence-electron chi connectivity index (χ0n) is 16.7. The van der Waals surface area contributed by atoms with Crippen LogP contribution in [-0.4, -0.2) is 35.4 Å². The fourth-order valence-electron chi connectivity index (χ4n) is 3.36. The second-order valence-electron chi connectivity index (χ2n) is 6.95. The molecule has 0 saturated carbocycles. The van der Waals surface area contributed by atoms with E-state index in [2.05, 4.69) is 4.98 Å². The second kappa shape index (κ2) is 9.05. The largest absolute Gasteiger partial charge is 0.468 e. The van der Waals surface area contributed by atoms with Gasteiger partial charge in [-0.05, 0) is 48.7 Å². The van der Waals surface area contributed by atoms with Gasteiger partial charge in [0.2, 0.25) is 5.91 Å². The highest BCUT2D eigenvalue weighted by Gasteiger charge is 2.21. The highest BCUT2D eigenvalue weighted by molar-refractivity contribution is 6.30. The van der Waals surface area contributed by atoms with Crippen LogP contribution in [0, 0.1) is 13.8 Å². The Bertz CT molecular complexity index is 1050. The summed E-state index contributed by atoms with van der Waals surface area (Å²) in [5.41, 5.74) is 4.53. The van der Waals surface area contributed by atoms with Crippen LogP contribution in [-0.2, 0) is 27.3 Å². The zero-order chi connectivity index (χ0) is 21.0. The Labute approximate surface area is 175 Å². The van der Waals surface area contributed by atoms with Gasteiger partial charge in [-0.3, -0.25) is 14.6 Å². The lowest BCUT2D eigenvalue weighted by molar-refractivity contribution is -0.147. The minimum atomic E-state index is -0.461. The van der Waals surface area contributed by atoms with Gasteiger partial charge in [0.1, 0.15) is 6.54 Å². The second-order valence-corrected chi connectivity index (χ2v) is 7.38. The number of amides is 1. The van der Waals surface area contributed by atoms with Crippen LogP contribution in [0.4, 0.5) is 0 Å². The molecule has 0 aliphatic heterocycles. The molecule has 1 aromatic heterocycles. The predicted octanol–water partition coefficient (Wildman–Crippen LogP) is 4.25. The van der Waals surface area contributed by atoms with Crippen molar-refractivity contribution in [3.05, 3.63) is 75.9 Å². The van der Waals surface area contributed by atoms with Crippen molar-refractivity contribution < 1.29 is 14.3 Å². The molecule has 0 atom stereocenters. The highest BCUT2D eigenvalue weighted by atomic mass is 35.5. The standard InChI is InChI=1S/C23H23ClN2O3/c1-15-19-6-4-5-7-21(19)25-16(2)20(15)12-22(27)26(14-23(28)29-3)13-17-8-10-18(24)11-9-17/h4-11H,12-14H2,1-3H3. The number of pyridine rings is 1. The molecular formula is C23H23ClN2O3. The summed E-state index contributed by atoms with van der Waals surface area (Å²) < 4.78 is 4.78. The van der Waals surface area contributed by atoms with Gasteiger partial charge in [-0.2, -0.15) is 0 Å². The van der Waals surface area contributed by atoms with E-state index in [0.29, 0.717) is 11.6 Å². The monoisotopic (exact) mass is 410 g/mol. The van der Waals surface area contributed by atoms with Crippen molar-refractivity contribution in [3.8, 4) is 0 Å². The topological polar surface area (TPSA) is 59.5 Å². The number of benzene rings is 2. The highest BCUT2D eigenvalue weighted by Crippen LogP contribution is 2.23. The van der Waals surface area contributed by atoms with E-state index >= 15 is 0 Å². The molecule has 0 fully saturated rings. The van der Waals surface area contributed by atoms with E-state index in [1.807, 2.05) is 50.2 Å². The van der Waals surface area contributed by atoms with Crippen LogP contribution in [0.2, 0.25) is 5.02 Å². The summed E-state index contributed by atoms with van der Waals surface area (Å²) in [6, 6.07) is 15.1. The van der Waals surface area contributed by atoms with Crippen LogP contribution in [0.1, 0.15) is 22.4 Å². The number of aromatic nitrogens is 1. The Morgan fingerprint density at radius 2 is 1.76 bits per heavy atom. The predicted molar refractivity (Wildman–Crippen MR) is 114 cm³/mol. The van der Waals surface area contributed by atoms with E-state index in [1.54, 1.807) is 12.1 Å². The van der Waals surface area contributed by atoms with E-state index in [9.17, 15) is 9.59 Å². The third-order valence-corrected chi connectivity index (χ3v) is 5.25. The number of hydrogen-bond acceptors (Lipinski definition) is 4. The van der Waals surface area contributed by atoms with Crippen molar-refractivity contribution >= 4 is 34.4 Å². The smallest absolute Gasteiger partial charge is 0.325 e.